The molecule has 1 aromatic carbocycles. The fraction of sp³-hybridized carbons (Fsp3) is 0.400. The van der Waals surface area contributed by atoms with E-state index in [-0.39, 0.29) is 10.8 Å². The highest BCUT2D eigenvalue weighted by atomic mass is 32.2. The van der Waals surface area contributed by atoms with Crippen LogP contribution < -0.4 is 14.4 Å². The average Bonchev–Trinajstić information content (AvgIpc) is 2.72. The fourth-order valence-corrected chi connectivity index (χ4v) is 4.61. The largest absolute Gasteiger partial charge is 0.496 e. The van der Waals surface area contributed by atoms with Gasteiger partial charge in [0.25, 0.3) is 0 Å². The summed E-state index contributed by atoms with van der Waals surface area (Å²) in [7, 11) is -2.00. The number of hydrogen-bond acceptors (Lipinski definition) is 6. The minimum atomic E-state index is -3.56. The zero-order valence-corrected chi connectivity index (χ0v) is 16.9. The quantitative estimate of drug-likeness (QED) is 0.800. The Morgan fingerprint density at radius 1 is 1.32 bits per heavy atom. The van der Waals surface area contributed by atoms with Crippen molar-refractivity contribution in [2.24, 2.45) is 5.92 Å². The second kappa shape index (κ2) is 8.59. The van der Waals surface area contributed by atoms with E-state index in [9.17, 15) is 13.7 Å². The number of benzene rings is 1. The lowest BCUT2D eigenvalue weighted by atomic mass is 9.97. The molecule has 8 heteroatoms. The summed E-state index contributed by atoms with van der Waals surface area (Å²) in [4.78, 5) is 6.67. The van der Waals surface area contributed by atoms with Crippen LogP contribution in [0, 0.1) is 24.2 Å². The van der Waals surface area contributed by atoms with E-state index in [1.54, 1.807) is 43.6 Å². The number of nitriles is 1. The number of nitrogens with zero attached hydrogens (tertiary/aromatic N) is 3. The second-order valence-corrected chi connectivity index (χ2v) is 8.67. The van der Waals surface area contributed by atoms with Gasteiger partial charge in [-0.2, -0.15) is 5.26 Å². The first-order chi connectivity index (χ1) is 13.4. The van der Waals surface area contributed by atoms with E-state index in [1.807, 2.05) is 6.92 Å². The minimum absolute atomic E-state index is 0.246. The van der Waals surface area contributed by atoms with Crippen LogP contribution in [0.2, 0.25) is 0 Å². The lowest BCUT2D eigenvalue weighted by molar-refractivity contribution is 0.400. The van der Waals surface area contributed by atoms with Gasteiger partial charge in [0.2, 0.25) is 10.0 Å². The first-order valence-corrected chi connectivity index (χ1v) is 10.7. The number of ether oxygens (including phenoxy) is 1. The van der Waals surface area contributed by atoms with Crippen LogP contribution in [-0.4, -0.2) is 40.1 Å². The van der Waals surface area contributed by atoms with Crippen LogP contribution in [0.5, 0.6) is 5.75 Å². The Morgan fingerprint density at radius 2 is 2.07 bits per heavy atom. The number of aryl methyl sites for hydroxylation is 1. The maximum atomic E-state index is 12.6. The molecule has 2 heterocycles. The molecule has 28 heavy (non-hydrogen) atoms. The molecule has 0 amide bonds. The lowest BCUT2D eigenvalue weighted by Crippen LogP contribution is -2.39. The van der Waals surface area contributed by atoms with Crippen LogP contribution in [0.4, 0.5) is 5.82 Å². The smallest absolute Gasteiger partial charge is 0.240 e. The van der Waals surface area contributed by atoms with Gasteiger partial charge in [-0.05, 0) is 61.6 Å². The van der Waals surface area contributed by atoms with Crippen LogP contribution in [0.1, 0.15) is 24.0 Å². The summed E-state index contributed by atoms with van der Waals surface area (Å²) in [6.45, 7) is 3.72. The van der Waals surface area contributed by atoms with E-state index in [4.69, 9.17) is 4.74 Å². The predicted octanol–water partition coefficient (Wildman–Crippen LogP) is 2.47. The van der Waals surface area contributed by atoms with Gasteiger partial charge >= 0.3 is 0 Å². The van der Waals surface area contributed by atoms with E-state index in [0.29, 0.717) is 23.7 Å². The zero-order valence-electron chi connectivity index (χ0n) is 16.1. The molecule has 148 valence electrons. The number of nitrogens with one attached hydrogen (secondary N) is 1. The topological polar surface area (TPSA) is 95.3 Å². The first-order valence-electron chi connectivity index (χ1n) is 9.19. The number of sulfonamides is 1. The number of hydrogen-bond donors (Lipinski definition) is 1. The van der Waals surface area contributed by atoms with Crippen LogP contribution in [-0.2, 0) is 10.0 Å². The van der Waals surface area contributed by atoms with Crippen molar-refractivity contribution < 1.29 is 13.2 Å². The number of aromatic nitrogens is 1. The third-order valence-corrected chi connectivity index (χ3v) is 6.48. The van der Waals surface area contributed by atoms with Gasteiger partial charge < -0.3 is 9.64 Å². The molecule has 0 radical (unpaired) electrons. The molecule has 7 nitrogen and oxygen atoms in total. The molecule has 1 aliphatic rings. The Balaban J connectivity index is 1.58. The van der Waals surface area contributed by atoms with Gasteiger partial charge in [-0.25, -0.2) is 18.1 Å². The van der Waals surface area contributed by atoms with Crippen molar-refractivity contribution in [1.29, 1.82) is 5.26 Å². The zero-order chi connectivity index (χ0) is 20.1. The molecule has 0 bridgehead atoms. The molecular weight excluding hydrogens is 376 g/mol. The van der Waals surface area contributed by atoms with Gasteiger partial charge in [0.05, 0.1) is 17.6 Å². The SMILES string of the molecule is COc1ccc(S(=O)(=O)NCC2CCN(c3ncccc3C#N)CC2)cc1C. The van der Waals surface area contributed by atoms with Gasteiger partial charge in [-0.1, -0.05) is 0 Å². The molecule has 0 spiro atoms. The summed E-state index contributed by atoms with van der Waals surface area (Å²) < 4.78 is 33.1. The van der Waals surface area contributed by atoms with E-state index < -0.39 is 10.0 Å². The van der Waals surface area contributed by atoms with Crippen LogP contribution >= 0.6 is 0 Å². The second-order valence-electron chi connectivity index (χ2n) is 6.90. The number of anilines is 1. The molecule has 0 atom stereocenters. The molecule has 0 saturated carbocycles. The van der Waals surface area contributed by atoms with Gasteiger partial charge in [-0.15, -0.1) is 0 Å². The summed E-state index contributed by atoms with van der Waals surface area (Å²) in [6, 6.07) is 10.5. The maximum absolute atomic E-state index is 12.6. The minimum Gasteiger partial charge on any atom is -0.496 e. The van der Waals surface area contributed by atoms with Crippen molar-refractivity contribution in [3.05, 3.63) is 47.7 Å². The summed E-state index contributed by atoms with van der Waals surface area (Å²) in [5.41, 5.74) is 1.35. The molecule has 0 unspecified atom stereocenters. The summed E-state index contributed by atoms with van der Waals surface area (Å²) in [6.07, 6.45) is 3.37. The standard InChI is InChI=1S/C20H24N4O3S/c1-15-12-18(5-6-19(15)27-2)28(25,26)23-14-16-7-10-24(11-8-16)20-17(13-21)4-3-9-22-20/h3-6,9,12,16,23H,7-8,10-11,14H2,1-2H3. The number of piperidine rings is 1. The third kappa shape index (κ3) is 4.43. The van der Waals surface area contributed by atoms with Gasteiger partial charge in [0.1, 0.15) is 17.6 Å². The highest BCUT2D eigenvalue weighted by molar-refractivity contribution is 7.89. The van der Waals surface area contributed by atoms with Gasteiger partial charge in [-0.3, -0.25) is 0 Å². The van der Waals surface area contributed by atoms with E-state index in [1.165, 1.54) is 0 Å². The molecular formula is C20H24N4O3S. The molecule has 0 aliphatic carbocycles. The fourth-order valence-electron chi connectivity index (χ4n) is 3.41. The van der Waals surface area contributed by atoms with Crippen LogP contribution in [0.25, 0.3) is 0 Å². The molecule has 1 aromatic heterocycles. The first kappa shape index (κ1) is 20.1. The number of methoxy groups -OCH3 is 1. The maximum Gasteiger partial charge on any atom is 0.240 e. The molecule has 1 saturated heterocycles. The molecule has 3 rings (SSSR count). The molecule has 2 aromatic rings. The van der Waals surface area contributed by atoms with Crippen LogP contribution in [0.15, 0.2) is 41.4 Å². The van der Waals surface area contributed by atoms with Crippen molar-refractivity contribution in [2.75, 3.05) is 31.6 Å². The third-order valence-electron chi connectivity index (χ3n) is 5.06. The van der Waals surface area contributed by atoms with E-state index >= 15 is 0 Å². The Bertz CT molecular complexity index is 977. The van der Waals surface area contributed by atoms with E-state index in [2.05, 4.69) is 20.7 Å². The predicted molar refractivity (Wildman–Crippen MR) is 107 cm³/mol. The van der Waals surface area contributed by atoms with Crippen molar-refractivity contribution in [1.82, 2.24) is 9.71 Å². The Morgan fingerprint density at radius 3 is 2.71 bits per heavy atom. The van der Waals surface area contributed by atoms with Crippen molar-refractivity contribution in [3.63, 3.8) is 0 Å². The lowest BCUT2D eigenvalue weighted by Gasteiger charge is -2.33. The highest BCUT2D eigenvalue weighted by Crippen LogP contribution is 2.25. The monoisotopic (exact) mass is 400 g/mol. The Kier molecular flexibility index (Phi) is 6.17. The summed E-state index contributed by atoms with van der Waals surface area (Å²) >= 11 is 0. The van der Waals surface area contributed by atoms with Crippen molar-refractivity contribution in [2.45, 2.75) is 24.7 Å². The molecule has 1 aliphatic heterocycles. The summed E-state index contributed by atoms with van der Waals surface area (Å²) in [5.74, 6) is 1.62. The number of pyridine rings is 1. The molecule has 1 N–H and O–H groups in total. The van der Waals surface area contributed by atoms with Crippen molar-refractivity contribution in [3.8, 4) is 11.8 Å². The average molecular weight is 401 g/mol. The van der Waals surface area contributed by atoms with Gasteiger partial charge in [0, 0.05) is 25.8 Å². The van der Waals surface area contributed by atoms with Crippen molar-refractivity contribution >= 4 is 15.8 Å². The molecule has 1 fully saturated rings. The normalized spacial score (nSPS) is 15.2. The van der Waals surface area contributed by atoms with E-state index in [0.717, 1.165) is 31.5 Å². The van der Waals surface area contributed by atoms with Crippen LogP contribution in [0.3, 0.4) is 0 Å². The number of rotatable bonds is 6. The summed E-state index contributed by atoms with van der Waals surface area (Å²) in [5, 5.41) is 9.23. The highest BCUT2D eigenvalue weighted by Gasteiger charge is 2.24. The van der Waals surface area contributed by atoms with Gasteiger partial charge in [0.15, 0.2) is 0 Å². The Labute approximate surface area is 166 Å². The Hall–Kier alpha value is -2.63.